The normalized spacial score (nSPS) is 21.6. The zero-order chi connectivity index (χ0) is 21.5. The first-order chi connectivity index (χ1) is 15.2. The van der Waals surface area contributed by atoms with Crippen LogP contribution in [0.25, 0.3) is 0 Å². The van der Waals surface area contributed by atoms with Gasteiger partial charge in [-0.05, 0) is 75.2 Å². The van der Waals surface area contributed by atoms with Gasteiger partial charge in [0, 0.05) is 52.5 Å². The van der Waals surface area contributed by atoms with Crippen molar-refractivity contribution >= 4 is 23.2 Å². The molecule has 0 bridgehead atoms. The van der Waals surface area contributed by atoms with Gasteiger partial charge in [0.15, 0.2) is 0 Å². The van der Waals surface area contributed by atoms with Crippen molar-refractivity contribution in [1.82, 2.24) is 10.6 Å². The Kier molecular flexibility index (Phi) is 8.37. The van der Waals surface area contributed by atoms with Gasteiger partial charge < -0.3 is 20.1 Å². The van der Waals surface area contributed by atoms with Crippen molar-refractivity contribution < 1.29 is 9.47 Å². The highest BCUT2D eigenvalue weighted by Gasteiger charge is 2.17. The lowest BCUT2D eigenvalue weighted by Gasteiger charge is -2.24. The van der Waals surface area contributed by atoms with Gasteiger partial charge in [-0.3, -0.25) is 0 Å². The van der Waals surface area contributed by atoms with Crippen LogP contribution in [0.15, 0.2) is 36.4 Å². The Balaban J connectivity index is 1.47. The van der Waals surface area contributed by atoms with Gasteiger partial charge in [-0.25, -0.2) is 0 Å². The molecule has 4 rings (SSSR count). The summed E-state index contributed by atoms with van der Waals surface area (Å²) < 4.78 is 12.5. The molecule has 4 nitrogen and oxygen atoms in total. The van der Waals surface area contributed by atoms with E-state index in [2.05, 4.69) is 10.6 Å². The van der Waals surface area contributed by atoms with E-state index in [0.29, 0.717) is 28.3 Å². The Bertz CT molecular complexity index is 780. The minimum Gasteiger partial charge on any atom is -0.493 e. The van der Waals surface area contributed by atoms with Crippen molar-refractivity contribution in [3.05, 3.63) is 57.6 Å². The van der Waals surface area contributed by atoms with E-state index < -0.39 is 0 Å². The largest absolute Gasteiger partial charge is 0.493 e. The Labute approximate surface area is 195 Å². The number of ether oxygens (including phenoxy) is 2. The van der Waals surface area contributed by atoms with Crippen LogP contribution in [0, 0.1) is 11.8 Å². The molecular formula is C25H32Cl2N2O2. The number of benzene rings is 2. The predicted molar refractivity (Wildman–Crippen MR) is 128 cm³/mol. The molecule has 2 heterocycles. The quantitative estimate of drug-likeness (QED) is 0.555. The third kappa shape index (κ3) is 6.76. The molecule has 2 aliphatic heterocycles. The Hall–Kier alpha value is -1.46. The number of rotatable bonds is 8. The van der Waals surface area contributed by atoms with Crippen LogP contribution >= 0.6 is 23.2 Å². The van der Waals surface area contributed by atoms with Crippen LogP contribution in [0.5, 0.6) is 11.5 Å². The van der Waals surface area contributed by atoms with Gasteiger partial charge in [-0.15, -0.1) is 0 Å². The standard InChI is InChI=1S/C25H32Cl2N2O2/c26-22-5-7-24(30-16-18-3-1-9-28-14-18)20(12-22)11-21-13-23(27)6-8-25(21)31-17-19-4-2-10-29-15-19/h5-8,12-13,18-19,28-29H,1-4,9-11,14-17H2. The first-order valence-corrected chi connectivity index (χ1v) is 12.2. The van der Waals surface area contributed by atoms with Gasteiger partial charge >= 0.3 is 0 Å². The molecule has 2 N–H and O–H groups in total. The minimum atomic E-state index is 0.548. The molecule has 31 heavy (non-hydrogen) atoms. The summed E-state index contributed by atoms with van der Waals surface area (Å²) in [7, 11) is 0. The van der Waals surface area contributed by atoms with Crippen molar-refractivity contribution in [2.24, 2.45) is 11.8 Å². The fourth-order valence-corrected chi connectivity index (χ4v) is 4.80. The molecule has 0 radical (unpaired) electrons. The summed E-state index contributed by atoms with van der Waals surface area (Å²) in [6, 6.07) is 11.7. The molecule has 2 aliphatic rings. The van der Waals surface area contributed by atoms with Crippen LogP contribution in [0.4, 0.5) is 0 Å². The first-order valence-electron chi connectivity index (χ1n) is 11.4. The summed E-state index contributed by atoms with van der Waals surface area (Å²) in [6.07, 6.45) is 5.50. The topological polar surface area (TPSA) is 42.5 Å². The molecule has 2 unspecified atom stereocenters. The fraction of sp³-hybridized carbons (Fsp3) is 0.520. The molecular weight excluding hydrogens is 431 g/mol. The lowest BCUT2D eigenvalue weighted by molar-refractivity contribution is 0.215. The third-order valence-electron chi connectivity index (χ3n) is 6.17. The molecule has 6 heteroatoms. The Morgan fingerprint density at radius 3 is 1.65 bits per heavy atom. The van der Waals surface area contributed by atoms with Gasteiger partial charge in [-0.2, -0.15) is 0 Å². The van der Waals surface area contributed by atoms with E-state index in [0.717, 1.165) is 62.0 Å². The smallest absolute Gasteiger partial charge is 0.122 e. The van der Waals surface area contributed by atoms with Crippen LogP contribution in [-0.2, 0) is 6.42 Å². The van der Waals surface area contributed by atoms with Crippen molar-refractivity contribution in [3.8, 4) is 11.5 Å². The fourth-order valence-electron chi connectivity index (χ4n) is 4.41. The second-order valence-electron chi connectivity index (χ2n) is 8.73. The van der Waals surface area contributed by atoms with Crippen molar-refractivity contribution in [2.45, 2.75) is 32.1 Å². The lowest BCUT2D eigenvalue weighted by Crippen LogP contribution is -2.33. The first kappa shape index (κ1) is 22.7. The molecule has 0 aliphatic carbocycles. The van der Waals surface area contributed by atoms with E-state index in [1.165, 1.54) is 25.7 Å². The predicted octanol–water partition coefficient (Wildman–Crippen LogP) is 5.34. The lowest BCUT2D eigenvalue weighted by atomic mass is 10.00. The van der Waals surface area contributed by atoms with Crippen molar-refractivity contribution in [2.75, 3.05) is 39.4 Å². The summed E-state index contributed by atoms with van der Waals surface area (Å²) in [5, 5.41) is 8.32. The Morgan fingerprint density at radius 2 is 1.23 bits per heavy atom. The molecule has 0 aromatic heterocycles. The highest BCUT2D eigenvalue weighted by atomic mass is 35.5. The number of hydrogen-bond donors (Lipinski definition) is 2. The highest BCUT2D eigenvalue weighted by molar-refractivity contribution is 6.31. The van der Waals surface area contributed by atoms with Gasteiger partial charge in [0.25, 0.3) is 0 Å². The molecule has 2 aromatic rings. The maximum Gasteiger partial charge on any atom is 0.122 e. The van der Waals surface area contributed by atoms with Crippen molar-refractivity contribution in [3.63, 3.8) is 0 Å². The Morgan fingerprint density at radius 1 is 0.742 bits per heavy atom. The summed E-state index contributed by atoms with van der Waals surface area (Å²) in [5.74, 6) is 2.87. The highest BCUT2D eigenvalue weighted by Crippen LogP contribution is 2.31. The maximum atomic E-state index is 6.34. The molecule has 0 spiro atoms. The van der Waals surface area contributed by atoms with E-state index in [-0.39, 0.29) is 0 Å². The van der Waals surface area contributed by atoms with Crippen LogP contribution in [0.2, 0.25) is 10.0 Å². The zero-order valence-corrected chi connectivity index (χ0v) is 19.5. The molecule has 0 amide bonds. The van der Waals surface area contributed by atoms with Gasteiger partial charge in [0.1, 0.15) is 11.5 Å². The van der Waals surface area contributed by atoms with E-state index in [1.54, 1.807) is 0 Å². The summed E-state index contributed by atoms with van der Waals surface area (Å²) in [5.41, 5.74) is 2.12. The number of piperidine rings is 2. The minimum absolute atomic E-state index is 0.548. The second-order valence-corrected chi connectivity index (χ2v) is 9.60. The zero-order valence-electron chi connectivity index (χ0n) is 18.0. The number of nitrogens with one attached hydrogen (secondary N) is 2. The third-order valence-corrected chi connectivity index (χ3v) is 6.64. The summed E-state index contributed by atoms with van der Waals surface area (Å²) >= 11 is 12.7. The monoisotopic (exact) mass is 462 g/mol. The summed E-state index contributed by atoms with van der Waals surface area (Å²) in [4.78, 5) is 0. The molecule has 168 valence electrons. The van der Waals surface area contributed by atoms with Crippen LogP contribution in [0.1, 0.15) is 36.8 Å². The summed E-state index contributed by atoms with van der Waals surface area (Å²) in [6.45, 7) is 5.69. The van der Waals surface area contributed by atoms with Gasteiger partial charge in [0.2, 0.25) is 0 Å². The number of halogens is 2. The van der Waals surface area contributed by atoms with E-state index in [4.69, 9.17) is 32.7 Å². The van der Waals surface area contributed by atoms with E-state index in [1.807, 2.05) is 36.4 Å². The van der Waals surface area contributed by atoms with E-state index >= 15 is 0 Å². The average Bonchev–Trinajstić information content (AvgIpc) is 2.79. The van der Waals surface area contributed by atoms with Gasteiger partial charge in [0.05, 0.1) is 13.2 Å². The maximum absolute atomic E-state index is 6.34. The molecule has 2 saturated heterocycles. The SMILES string of the molecule is Clc1ccc(OCC2CCCNC2)c(Cc2cc(Cl)ccc2OCC2CCCNC2)c1. The van der Waals surface area contributed by atoms with Crippen LogP contribution in [0.3, 0.4) is 0 Å². The van der Waals surface area contributed by atoms with E-state index in [9.17, 15) is 0 Å². The second kappa shape index (κ2) is 11.4. The van der Waals surface area contributed by atoms with Crippen molar-refractivity contribution in [1.29, 1.82) is 0 Å². The van der Waals surface area contributed by atoms with Crippen LogP contribution < -0.4 is 20.1 Å². The molecule has 2 atom stereocenters. The number of hydrogen-bond acceptors (Lipinski definition) is 4. The van der Waals surface area contributed by atoms with Gasteiger partial charge in [-0.1, -0.05) is 23.2 Å². The molecule has 2 aromatic carbocycles. The molecule has 2 fully saturated rings. The van der Waals surface area contributed by atoms with Crippen LogP contribution in [-0.4, -0.2) is 39.4 Å². The average molecular weight is 463 g/mol. The molecule has 0 saturated carbocycles.